The number of aromatic nitrogens is 2. The van der Waals surface area contributed by atoms with E-state index in [9.17, 15) is 0 Å². The molecular formula is C42H24N2O2. The Hall–Kier alpha value is -6.26. The van der Waals surface area contributed by atoms with Gasteiger partial charge in [-0.05, 0) is 60.7 Å². The van der Waals surface area contributed by atoms with Crippen molar-refractivity contribution >= 4 is 87.5 Å². The van der Waals surface area contributed by atoms with Crippen LogP contribution in [0.25, 0.3) is 98.9 Å². The number of fused-ring (bicyclic) bond motifs is 14. The molecule has 4 heteroatoms. The van der Waals surface area contributed by atoms with E-state index in [0.29, 0.717) is 0 Å². The van der Waals surface area contributed by atoms with Gasteiger partial charge in [0, 0.05) is 49.1 Å². The molecule has 4 aromatic heterocycles. The van der Waals surface area contributed by atoms with Crippen molar-refractivity contribution in [1.82, 2.24) is 9.13 Å². The van der Waals surface area contributed by atoms with Crippen LogP contribution >= 0.6 is 0 Å². The highest BCUT2D eigenvalue weighted by Gasteiger charge is 2.21. The van der Waals surface area contributed by atoms with Gasteiger partial charge in [-0.15, -0.1) is 0 Å². The molecule has 0 radical (unpaired) electrons. The maximum atomic E-state index is 6.60. The summed E-state index contributed by atoms with van der Waals surface area (Å²) in [5, 5.41) is 9.23. The van der Waals surface area contributed by atoms with Crippen LogP contribution < -0.4 is 0 Å². The Balaban J connectivity index is 1.24. The molecule has 0 spiro atoms. The predicted octanol–water partition coefficient (Wildman–Crippen LogP) is 11.7. The number of hydrogen-bond donors (Lipinski definition) is 0. The average Bonchev–Trinajstić information content (AvgIpc) is 3.85. The minimum atomic E-state index is 0.901. The highest BCUT2D eigenvalue weighted by atomic mass is 16.3. The molecule has 11 rings (SSSR count). The minimum Gasteiger partial charge on any atom is -0.455 e. The number of nitrogens with zero attached hydrogens (tertiary/aromatic N) is 2. The maximum absolute atomic E-state index is 6.60. The summed E-state index contributed by atoms with van der Waals surface area (Å²) >= 11 is 0. The third-order valence-electron chi connectivity index (χ3n) is 9.71. The molecule has 0 atom stereocenters. The van der Waals surface area contributed by atoms with Gasteiger partial charge < -0.3 is 18.0 Å². The van der Waals surface area contributed by atoms with E-state index < -0.39 is 0 Å². The summed E-state index contributed by atoms with van der Waals surface area (Å²) in [5.74, 6) is 0. The lowest BCUT2D eigenvalue weighted by Gasteiger charge is -2.13. The second-order valence-electron chi connectivity index (χ2n) is 12.1. The van der Waals surface area contributed by atoms with Crippen LogP contribution in [0.3, 0.4) is 0 Å². The monoisotopic (exact) mass is 588 g/mol. The zero-order chi connectivity index (χ0) is 29.9. The van der Waals surface area contributed by atoms with Gasteiger partial charge in [0.15, 0.2) is 5.58 Å². The summed E-state index contributed by atoms with van der Waals surface area (Å²) in [6.07, 6.45) is 0. The standard InChI is InChI=1S/C42H24N2O2/c1-5-16-34-27(12-1)30-20-21-32-29-14-4-8-19-38(29)46-42(32)40(30)44(34)26-11-9-10-25(24-26)43-35-17-6-2-15-33(35)39-36(43)23-22-31-28-13-3-7-18-37(28)45-41(31)39/h1-24H. The van der Waals surface area contributed by atoms with Crippen LogP contribution in [-0.4, -0.2) is 9.13 Å². The lowest BCUT2D eigenvalue weighted by atomic mass is 10.1. The summed E-state index contributed by atoms with van der Waals surface area (Å²) in [6, 6.07) is 51.6. The molecule has 0 bridgehead atoms. The third kappa shape index (κ3) is 3.03. The highest BCUT2D eigenvalue weighted by molar-refractivity contribution is 6.24. The van der Waals surface area contributed by atoms with Gasteiger partial charge in [0.25, 0.3) is 0 Å². The first-order valence-electron chi connectivity index (χ1n) is 15.6. The van der Waals surface area contributed by atoms with Crippen molar-refractivity contribution in [2.45, 2.75) is 0 Å². The number of rotatable bonds is 2. The first kappa shape index (κ1) is 24.1. The van der Waals surface area contributed by atoms with Crippen LogP contribution in [0.15, 0.2) is 154 Å². The maximum Gasteiger partial charge on any atom is 0.160 e. The average molecular weight is 589 g/mol. The van der Waals surface area contributed by atoms with Gasteiger partial charge in [-0.2, -0.15) is 0 Å². The Morgan fingerprint density at radius 3 is 1.65 bits per heavy atom. The Morgan fingerprint density at radius 1 is 0.348 bits per heavy atom. The van der Waals surface area contributed by atoms with Gasteiger partial charge in [-0.3, -0.25) is 0 Å². The molecule has 214 valence electrons. The van der Waals surface area contributed by atoms with Gasteiger partial charge >= 0.3 is 0 Å². The quantitative estimate of drug-likeness (QED) is 0.201. The molecule has 0 saturated carbocycles. The molecule has 0 N–H and O–H groups in total. The van der Waals surface area contributed by atoms with Crippen LogP contribution in [0.1, 0.15) is 0 Å². The van der Waals surface area contributed by atoms with Crippen molar-refractivity contribution in [3.05, 3.63) is 146 Å². The van der Waals surface area contributed by atoms with Gasteiger partial charge in [-0.25, -0.2) is 0 Å². The number of furan rings is 2. The molecule has 0 unspecified atom stereocenters. The highest BCUT2D eigenvalue weighted by Crippen LogP contribution is 2.42. The number of para-hydroxylation sites is 4. The van der Waals surface area contributed by atoms with Crippen molar-refractivity contribution in [3.63, 3.8) is 0 Å². The van der Waals surface area contributed by atoms with E-state index in [4.69, 9.17) is 8.83 Å². The van der Waals surface area contributed by atoms with E-state index in [-0.39, 0.29) is 0 Å². The summed E-state index contributed by atoms with van der Waals surface area (Å²) < 4.78 is 17.9. The van der Waals surface area contributed by atoms with Gasteiger partial charge in [0.2, 0.25) is 0 Å². The third-order valence-corrected chi connectivity index (χ3v) is 9.71. The minimum absolute atomic E-state index is 0.901. The van der Waals surface area contributed by atoms with Crippen molar-refractivity contribution < 1.29 is 8.83 Å². The lowest BCUT2D eigenvalue weighted by molar-refractivity contribution is 0.671. The predicted molar refractivity (Wildman–Crippen MR) is 190 cm³/mol. The first-order valence-corrected chi connectivity index (χ1v) is 15.6. The molecule has 0 fully saturated rings. The number of benzene rings is 7. The fourth-order valence-corrected chi connectivity index (χ4v) is 7.78. The van der Waals surface area contributed by atoms with Crippen LogP contribution in [0.5, 0.6) is 0 Å². The SMILES string of the molecule is c1cc(-n2c3ccccc3c3c4oc5ccccc5c4ccc32)cc(-n2c3ccccc3c3ccc4c5ccccc5oc4c32)c1. The first-order chi connectivity index (χ1) is 22.8. The Morgan fingerprint density at radius 2 is 0.891 bits per heavy atom. The van der Waals surface area contributed by atoms with Crippen molar-refractivity contribution in [2.75, 3.05) is 0 Å². The molecular weight excluding hydrogens is 564 g/mol. The number of hydrogen-bond acceptors (Lipinski definition) is 2. The molecule has 0 aliphatic carbocycles. The summed E-state index contributed by atoms with van der Waals surface area (Å²) in [4.78, 5) is 0. The van der Waals surface area contributed by atoms with E-state index in [1.807, 2.05) is 12.1 Å². The van der Waals surface area contributed by atoms with E-state index >= 15 is 0 Å². The lowest BCUT2D eigenvalue weighted by Crippen LogP contribution is -1.98. The molecule has 0 aliphatic rings. The molecule has 0 aliphatic heterocycles. The van der Waals surface area contributed by atoms with E-state index in [2.05, 4.69) is 143 Å². The summed E-state index contributed by atoms with van der Waals surface area (Å²) in [5.41, 5.74) is 10.3. The van der Waals surface area contributed by atoms with Gasteiger partial charge in [-0.1, -0.05) is 84.9 Å². The second kappa shape index (κ2) is 8.68. The second-order valence-corrected chi connectivity index (χ2v) is 12.1. The van der Waals surface area contributed by atoms with Gasteiger partial charge in [0.05, 0.1) is 27.5 Å². The Labute approximate surface area is 261 Å². The van der Waals surface area contributed by atoms with Crippen molar-refractivity contribution in [2.24, 2.45) is 0 Å². The largest absolute Gasteiger partial charge is 0.455 e. The van der Waals surface area contributed by atoms with Crippen LogP contribution in [0, 0.1) is 0 Å². The van der Waals surface area contributed by atoms with E-state index in [1.165, 1.54) is 16.2 Å². The Bertz CT molecular complexity index is 3040. The fourth-order valence-electron chi connectivity index (χ4n) is 7.78. The zero-order valence-electron chi connectivity index (χ0n) is 24.6. The topological polar surface area (TPSA) is 36.1 Å². The normalized spacial score (nSPS) is 12.3. The zero-order valence-corrected chi connectivity index (χ0v) is 24.6. The molecule has 4 heterocycles. The van der Waals surface area contributed by atoms with Crippen molar-refractivity contribution in [1.29, 1.82) is 0 Å². The van der Waals surface area contributed by atoms with Crippen LogP contribution in [-0.2, 0) is 0 Å². The molecule has 46 heavy (non-hydrogen) atoms. The molecule has 0 saturated heterocycles. The van der Waals surface area contributed by atoms with E-state index in [1.54, 1.807) is 0 Å². The van der Waals surface area contributed by atoms with Crippen LogP contribution in [0.2, 0.25) is 0 Å². The molecule has 11 aromatic rings. The summed E-state index contributed by atoms with van der Waals surface area (Å²) in [7, 11) is 0. The Kier molecular flexibility index (Phi) is 4.55. The van der Waals surface area contributed by atoms with E-state index in [0.717, 1.165) is 82.7 Å². The smallest absolute Gasteiger partial charge is 0.160 e. The molecule has 0 amide bonds. The fraction of sp³-hybridized carbons (Fsp3) is 0. The van der Waals surface area contributed by atoms with Gasteiger partial charge in [0.1, 0.15) is 16.7 Å². The van der Waals surface area contributed by atoms with Crippen LogP contribution in [0.4, 0.5) is 0 Å². The van der Waals surface area contributed by atoms with Crippen molar-refractivity contribution in [3.8, 4) is 11.4 Å². The molecule has 4 nitrogen and oxygen atoms in total. The molecule has 7 aromatic carbocycles. The summed E-state index contributed by atoms with van der Waals surface area (Å²) in [6.45, 7) is 0.